The van der Waals surface area contributed by atoms with Crippen LogP contribution in [0.25, 0.3) is 22.4 Å². The van der Waals surface area contributed by atoms with Crippen molar-refractivity contribution in [1.29, 1.82) is 0 Å². The number of aromatic nitrogens is 3. The maximum Gasteiger partial charge on any atom is 0.419 e. The molecule has 6 nitrogen and oxygen atoms in total. The summed E-state index contributed by atoms with van der Waals surface area (Å²) in [5.74, 6) is -2.50. The van der Waals surface area contributed by atoms with E-state index in [1.54, 1.807) is 0 Å². The number of nitrogens with two attached hydrogens (primary N) is 1. The van der Waals surface area contributed by atoms with Crippen molar-refractivity contribution in [3.63, 3.8) is 0 Å². The number of benzene rings is 2. The second-order valence-corrected chi connectivity index (χ2v) is 6.52. The number of fused-ring (bicyclic) bond motifs is 1. The minimum absolute atomic E-state index is 0.117. The van der Waals surface area contributed by atoms with Gasteiger partial charge in [0, 0.05) is 5.56 Å². The number of ether oxygens (including phenoxy) is 1. The number of rotatable bonds is 3. The lowest BCUT2D eigenvalue weighted by Crippen LogP contribution is -2.18. The molecule has 0 atom stereocenters. The van der Waals surface area contributed by atoms with Crippen LogP contribution in [0.2, 0.25) is 10.0 Å². The van der Waals surface area contributed by atoms with Gasteiger partial charge in [0.25, 0.3) is 0 Å². The van der Waals surface area contributed by atoms with E-state index in [1.165, 1.54) is 12.1 Å². The van der Waals surface area contributed by atoms with Crippen molar-refractivity contribution in [1.82, 2.24) is 15.0 Å². The zero-order valence-electron chi connectivity index (χ0n) is 14.4. The van der Waals surface area contributed by atoms with E-state index in [9.17, 15) is 22.4 Å². The smallest absolute Gasteiger partial charge is 0.419 e. The van der Waals surface area contributed by atoms with Crippen LogP contribution in [0.5, 0.6) is 0 Å². The quantitative estimate of drug-likeness (QED) is 0.365. The highest BCUT2D eigenvalue weighted by atomic mass is 35.5. The van der Waals surface area contributed by atoms with E-state index in [2.05, 4.69) is 15.0 Å². The number of nitrogens with zero attached hydrogens (tertiary/aromatic N) is 3. The van der Waals surface area contributed by atoms with Crippen LogP contribution in [0, 0.1) is 5.82 Å². The molecule has 29 heavy (non-hydrogen) atoms. The second kappa shape index (κ2) is 7.53. The van der Waals surface area contributed by atoms with Gasteiger partial charge < -0.3 is 10.5 Å². The monoisotopic (exact) mass is 448 g/mol. The first kappa shape index (κ1) is 20.9. The highest BCUT2D eigenvalue weighted by Gasteiger charge is 2.35. The van der Waals surface area contributed by atoms with Gasteiger partial charge in [-0.1, -0.05) is 28.4 Å². The first-order valence-electron chi connectivity index (χ1n) is 7.70. The molecule has 0 saturated heterocycles. The third-order valence-electron chi connectivity index (χ3n) is 3.92. The molecule has 0 fully saturated rings. The number of carbonyl (C=O) groups is 1. The number of carbonyl (C=O) groups excluding carboxylic acids is 1. The number of hydrogen-bond donors (Lipinski definition) is 1. The van der Waals surface area contributed by atoms with Crippen LogP contribution >= 0.6 is 23.2 Å². The average Bonchev–Trinajstić information content (AvgIpc) is 3.03. The number of alkyl halides is 3. The molecule has 1 aromatic heterocycles. The molecule has 3 aromatic rings. The van der Waals surface area contributed by atoms with E-state index >= 15 is 0 Å². The van der Waals surface area contributed by atoms with Gasteiger partial charge >= 0.3 is 12.1 Å². The maximum absolute atomic E-state index is 13.6. The second-order valence-electron chi connectivity index (χ2n) is 5.70. The van der Waals surface area contributed by atoms with Gasteiger partial charge in [-0.15, -0.1) is 5.10 Å². The van der Waals surface area contributed by atoms with Crippen LogP contribution in [-0.2, 0) is 15.7 Å². The Morgan fingerprint density at radius 3 is 2.45 bits per heavy atom. The van der Waals surface area contributed by atoms with Crippen LogP contribution in [0.1, 0.15) is 11.1 Å². The van der Waals surface area contributed by atoms with E-state index in [0.29, 0.717) is 12.1 Å². The molecule has 0 aliphatic heterocycles. The number of esters is 1. The van der Waals surface area contributed by atoms with E-state index in [1.807, 2.05) is 0 Å². The third kappa shape index (κ3) is 3.85. The standard InChI is InChI=1S/C17H10Cl2F4N4O2/c1-29-16(28)15(27-13-6-10(19)9(18)5-12(13)25-26-27)14(24)7-2-3-11(20)8(4-7)17(21,22)23/h2-6H,24H2,1H3/b15-14+. The normalized spacial score (nSPS) is 12.8. The Labute approximate surface area is 170 Å². The van der Waals surface area contributed by atoms with Gasteiger partial charge in [0.2, 0.25) is 0 Å². The Bertz CT molecular complexity index is 1160. The minimum Gasteiger partial charge on any atom is -0.464 e. The summed E-state index contributed by atoms with van der Waals surface area (Å²) in [6.45, 7) is 0. The largest absolute Gasteiger partial charge is 0.464 e. The highest BCUT2D eigenvalue weighted by Crippen LogP contribution is 2.34. The lowest BCUT2D eigenvalue weighted by Gasteiger charge is -2.13. The Kier molecular flexibility index (Phi) is 5.42. The topological polar surface area (TPSA) is 83.0 Å². The molecule has 0 amide bonds. The molecule has 0 spiro atoms. The molecular weight excluding hydrogens is 439 g/mol. The highest BCUT2D eigenvalue weighted by molar-refractivity contribution is 6.42. The molecule has 0 bridgehead atoms. The van der Waals surface area contributed by atoms with Crippen LogP contribution < -0.4 is 5.73 Å². The first-order valence-corrected chi connectivity index (χ1v) is 8.46. The van der Waals surface area contributed by atoms with Gasteiger partial charge in [0.15, 0.2) is 5.70 Å². The molecule has 0 saturated carbocycles. The SMILES string of the molecule is COC(=O)/C(=C(\N)c1ccc(F)c(C(F)(F)F)c1)n1nnc2cc(Cl)c(Cl)cc21. The molecule has 12 heteroatoms. The van der Waals surface area contributed by atoms with E-state index in [0.717, 1.165) is 17.9 Å². The fourth-order valence-corrected chi connectivity index (χ4v) is 2.85. The number of hydrogen-bond acceptors (Lipinski definition) is 5. The molecule has 2 N–H and O–H groups in total. The predicted molar refractivity (Wildman–Crippen MR) is 98.3 cm³/mol. The van der Waals surface area contributed by atoms with Gasteiger partial charge in [-0.3, -0.25) is 0 Å². The lowest BCUT2D eigenvalue weighted by atomic mass is 10.1. The van der Waals surface area contributed by atoms with Crippen LogP contribution in [0.3, 0.4) is 0 Å². The summed E-state index contributed by atoms with van der Waals surface area (Å²) in [6.07, 6.45) is -4.96. The molecule has 3 rings (SSSR count). The lowest BCUT2D eigenvalue weighted by molar-refractivity contribution is -0.140. The van der Waals surface area contributed by atoms with E-state index < -0.39 is 34.9 Å². The Morgan fingerprint density at radius 1 is 1.17 bits per heavy atom. The molecule has 0 aliphatic rings. The third-order valence-corrected chi connectivity index (χ3v) is 4.64. The summed E-state index contributed by atoms with van der Waals surface area (Å²) < 4.78 is 58.3. The number of halogens is 6. The van der Waals surface area contributed by atoms with Gasteiger partial charge in [0.05, 0.1) is 33.9 Å². The first-order chi connectivity index (χ1) is 13.5. The summed E-state index contributed by atoms with van der Waals surface area (Å²) in [5, 5.41) is 7.93. The molecule has 0 aliphatic carbocycles. The van der Waals surface area contributed by atoms with Crippen LogP contribution in [0.15, 0.2) is 30.3 Å². The zero-order valence-corrected chi connectivity index (χ0v) is 15.9. The molecular formula is C17H10Cl2F4N4O2. The van der Waals surface area contributed by atoms with Crippen LogP contribution in [-0.4, -0.2) is 28.1 Å². The van der Waals surface area contributed by atoms with Crippen molar-refractivity contribution >= 4 is 51.6 Å². The van der Waals surface area contributed by atoms with Gasteiger partial charge in [0.1, 0.15) is 11.3 Å². The van der Waals surface area contributed by atoms with Crippen molar-refractivity contribution in [3.8, 4) is 0 Å². The Balaban J connectivity index is 2.29. The van der Waals surface area contributed by atoms with Gasteiger partial charge in [-0.05, 0) is 30.3 Å². The van der Waals surface area contributed by atoms with Gasteiger partial charge in [-0.25, -0.2) is 13.9 Å². The molecule has 1 heterocycles. The van der Waals surface area contributed by atoms with Crippen molar-refractivity contribution in [3.05, 3.63) is 57.3 Å². The molecule has 2 aromatic carbocycles. The van der Waals surface area contributed by atoms with E-state index in [4.69, 9.17) is 28.9 Å². The molecule has 152 valence electrons. The van der Waals surface area contributed by atoms with Crippen molar-refractivity contribution < 1.29 is 27.1 Å². The summed E-state index contributed by atoms with van der Waals surface area (Å²) >= 11 is 11.9. The predicted octanol–water partition coefficient (Wildman–Crippen LogP) is 4.35. The Morgan fingerprint density at radius 2 is 1.83 bits per heavy atom. The van der Waals surface area contributed by atoms with E-state index in [-0.39, 0.29) is 26.6 Å². The maximum atomic E-state index is 13.6. The van der Waals surface area contributed by atoms with Crippen molar-refractivity contribution in [2.75, 3.05) is 7.11 Å². The average molecular weight is 449 g/mol. The fraction of sp³-hybridized carbons (Fsp3) is 0.118. The summed E-state index contributed by atoms with van der Waals surface area (Å²) in [5.41, 5.74) is 3.71. The van der Waals surface area contributed by atoms with Gasteiger partial charge in [-0.2, -0.15) is 13.2 Å². The molecule has 0 radical (unpaired) electrons. The summed E-state index contributed by atoms with van der Waals surface area (Å²) in [4.78, 5) is 12.4. The molecule has 0 unspecified atom stereocenters. The van der Waals surface area contributed by atoms with Crippen molar-refractivity contribution in [2.45, 2.75) is 6.18 Å². The summed E-state index contributed by atoms with van der Waals surface area (Å²) in [6, 6.07) is 4.80. The Hall–Kier alpha value is -2.85. The minimum atomic E-state index is -4.96. The number of methoxy groups -OCH3 is 1. The van der Waals surface area contributed by atoms with Crippen LogP contribution in [0.4, 0.5) is 17.6 Å². The zero-order chi connectivity index (χ0) is 21.5. The fourth-order valence-electron chi connectivity index (χ4n) is 2.54. The van der Waals surface area contributed by atoms with Crippen molar-refractivity contribution in [2.24, 2.45) is 5.73 Å². The summed E-state index contributed by atoms with van der Waals surface area (Å²) in [7, 11) is 1.05.